The Bertz CT molecular complexity index is 849. The number of hydrogen-bond donors (Lipinski definition) is 2. The predicted molar refractivity (Wildman–Crippen MR) is 113 cm³/mol. The van der Waals surface area contributed by atoms with Crippen molar-refractivity contribution < 1.29 is 9.90 Å². The lowest BCUT2D eigenvalue weighted by molar-refractivity contribution is -0.0817. The van der Waals surface area contributed by atoms with Gasteiger partial charge in [-0.2, -0.15) is 0 Å². The number of rotatable bonds is 3. The first kappa shape index (κ1) is 19.0. The summed E-state index contributed by atoms with van der Waals surface area (Å²) in [5, 5.41) is 14.2. The van der Waals surface area contributed by atoms with Crippen LogP contribution >= 0.6 is 0 Å². The smallest absolute Gasteiger partial charge is 0.253 e. The number of benzene rings is 2. The van der Waals surface area contributed by atoms with E-state index in [0.717, 1.165) is 36.3 Å². The van der Waals surface area contributed by atoms with Crippen molar-refractivity contribution in [3.8, 4) is 11.1 Å². The fraction of sp³-hybridized carbons (Fsp3) is 0.435. The van der Waals surface area contributed by atoms with Crippen LogP contribution in [0.1, 0.15) is 23.2 Å². The van der Waals surface area contributed by atoms with Crippen molar-refractivity contribution in [3.63, 3.8) is 0 Å². The van der Waals surface area contributed by atoms with E-state index in [1.807, 2.05) is 55.4 Å². The summed E-state index contributed by atoms with van der Waals surface area (Å²) in [6.07, 6.45) is 1.44. The molecule has 0 bridgehead atoms. The maximum absolute atomic E-state index is 13.0. The zero-order valence-corrected chi connectivity index (χ0v) is 16.7. The lowest BCUT2D eigenvalue weighted by Gasteiger charge is -2.47. The molecule has 2 aliphatic rings. The van der Waals surface area contributed by atoms with E-state index in [1.165, 1.54) is 0 Å². The van der Waals surface area contributed by atoms with Gasteiger partial charge in [-0.15, -0.1) is 0 Å². The molecule has 0 unspecified atom stereocenters. The van der Waals surface area contributed by atoms with E-state index in [9.17, 15) is 9.90 Å². The average molecular weight is 380 g/mol. The Hall–Kier alpha value is -2.37. The standard InChI is InChI=1S/C23H29N3O2/c1-25(2)21-6-4-3-5-20(21)17-7-9-18(10-8-17)22(27)26-14-12-23(28)11-13-24-15-19(23)16-26/h3-10,19,24,28H,11-16H2,1-2H3/t19-,23-/m0/s1. The van der Waals surface area contributed by atoms with Crippen LogP contribution in [0.25, 0.3) is 11.1 Å². The number of nitrogens with one attached hydrogen (secondary N) is 1. The number of aliphatic hydroxyl groups is 1. The fourth-order valence-corrected chi connectivity index (χ4v) is 4.49. The Morgan fingerprint density at radius 3 is 2.64 bits per heavy atom. The molecule has 0 radical (unpaired) electrons. The zero-order valence-electron chi connectivity index (χ0n) is 16.7. The quantitative estimate of drug-likeness (QED) is 0.861. The number of carbonyl (C=O) groups excluding carboxylic acids is 1. The number of likely N-dealkylation sites (tertiary alicyclic amines) is 1. The highest BCUT2D eigenvalue weighted by Crippen LogP contribution is 2.34. The molecule has 2 fully saturated rings. The van der Waals surface area contributed by atoms with Crippen molar-refractivity contribution in [1.29, 1.82) is 0 Å². The Kier molecular flexibility index (Phi) is 5.13. The lowest BCUT2D eigenvalue weighted by atomic mass is 9.76. The van der Waals surface area contributed by atoms with Crippen molar-refractivity contribution in [2.24, 2.45) is 5.92 Å². The van der Waals surface area contributed by atoms with Gasteiger partial charge >= 0.3 is 0 Å². The molecule has 2 aliphatic heterocycles. The highest BCUT2D eigenvalue weighted by atomic mass is 16.3. The Balaban J connectivity index is 1.51. The molecule has 5 heteroatoms. The topological polar surface area (TPSA) is 55.8 Å². The maximum Gasteiger partial charge on any atom is 0.253 e. The molecule has 0 aromatic heterocycles. The summed E-state index contributed by atoms with van der Waals surface area (Å²) in [7, 11) is 4.07. The first-order valence-corrected chi connectivity index (χ1v) is 10.1. The van der Waals surface area contributed by atoms with Gasteiger partial charge in [0.15, 0.2) is 0 Å². The van der Waals surface area contributed by atoms with Crippen LogP contribution in [0, 0.1) is 5.92 Å². The molecule has 2 saturated heterocycles. The number of nitrogens with zero attached hydrogens (tertiary/aromatic N) is 2. The Morgan fingerprint density at radius 2 is 1.89 bits per heavy atom. The van der Waals surface area contributed by atoms with E-state index in [1.54, 1.807) is 0 Å². The highest BCUT2D eigenvalue weighted by molar-refractivity contribution is 5.95. The van der Waals surface area contributed by atoms with E-state index in [0.29, 0.717) is 25.1 Å². The number of amides is 1. The van der Waals surface area contributed by atoms with Crippen LogP contribution < -0.4 is 10.2 Å². The van der Waals surface area contributed by atoms with E-state index in [-0.39, 0.29) is 11.8 Å². The first-order valence-electron chi connectivity index (χ1n) is 10.1. The number of hydrogen-bond acceptors (Lipinski definition) is 4. The van der Waals surface area contributed by atoms with E-state index in [2.05, 4.69) is 22.3 Å². The number of fused-ring (bicyclic) bond motifs is 1. The molecule has 148 valence electrons. The predicted octanol–water partition coefficient (Wildman–Crippen LogP) is 2.61. The van der Waals surface area contributed by atoms with Gasteiger partial charge in [-0.25, -0.2) is 0 Å². The highest BCUT2D eigenvalue weighted by Gasteiger charge is 2.43. The van der Waals surface area contributed by atoms with Gasteiger partial charge in [0.05, 0.1) is 5.60 Å². The summed E-state index contributed by atoms with van der Waals surface area (Å²) >= 11 is 0. The molecule has 2 aromatic rings. The molecule has 28 heavy (non-hydrogen) atoms. The molecule has 0 aliphatic carbocycles. The Morgan fingerprint density at radius 1 is 1.14 bits per heavy atom. The van der Waals surface area contributed by atoms with Gasteiger partial charge in [0.25, 0.3) is 5.91 Å². The van der Waals surface area contributed by atoms with Crippen LogP contribution in [0.4, 0.5) is 5.69 Å². The van der Waals surface area contributed by atoms with E-state index >= 15 is 0 Å². The molecule has 2 N–H and O–H groups in total. The SMILES string of the molecule is CN(C)c1ccccc1-c1ccc(C(=O)N2CC[C@@]3(O)CCNC[C@H]3C2)cc1. The van der Waals surface area contributed by atoms with Gasteiger partial charge in [0, 0.05) is 56.5 Å². The van der Waals surface area contributed by atoms with Crippen LogP contribution in [-0.2, 0) is 0 Å². The minimum absolute atomic E-state index is 0.0556. The van der Waals surface area contributed by atoms with Gasteiger partial charge in [-0.05, 0) is 43.1 Å². The summed E-state index contributed by atoms with van der Waals surface area (Å²) in [5.41, 5.74) is 3.51. The second-order valence-corrected chi connectivity index (χ2v) is 8.24. The van der Waals surface area contributed by atoms with Gasteiger partial charge in [0.2, 0.25) is 0 Å². The summed E-state index contributed by atoms with van der Waals surface area (Å²) in [4.78, 5) is 17.0. The normalized spacial score (nSPS) is 24.5. The minimum Gasteiger partial charge on any atom is -0.389 e. The van der Waals surface area contributed by atoms with Crippen LogP contribution in [0.5, 0.6) is 0 Å². The molecule has 1 amide bonds. The van der Waals surface area contributed by atoms with Crippen LogP contribution in [0.2, 0.25) is 0 Å². The van der Waals surface area contributed by atoms with Crippen molar-refractivity contribution in [2.45, 2.75) is 18.4 Å². The lowest BCUT2D eigenvalue weighted by Crippen LogP contribution is -2.59. The summed E-state index contributed by atoms with van der Waals surface area (Å²) in [5.74, 6) is 0.172. The molecular weight excluding hydrogens is 350 g/mol. The Labute approximate surface area is 167 Å². The molecule has 0 spiro atoms. The zero-order chi connectivity index (χ0) is 19.7. The molecule has 2 aromatic carbocycles. The third kappa shape index (κ3) is 3.52. The number of carbonyl (C=O) groups is 1. The summed E-state index contributed by atoms with van der Waals surface area (Å²) in [6, 6.07) is 16.2. The molecule has 4 rings (SSSR count). The van der Waals surface area contributed by atoms with Crippen molar-refractivity contribution in [2.75, 3.05) is 45.2 Å². The third-order valence-corrected chi connectivity index (χ3v) is 6.26. The van der Waals surface area contributed by atoms with Gasteiger partial charge in [-0.3, -0.25) is 4.79 Å². The van der Waals surface area contributed by atoms with Gasteiger partial charge < -0.3 is 20.2 Å². The van der Waals surface area contributed by atoms with Crippen LogP contribution in [0.15, 0.2) is 48.5 Å². The largest absolute Gasteiger partial charge is 0.389 e. The van der Waals surface area contributed by atoms with Crippen molar-refractivity contribution in [3.05, 3.63) is 54.1 Å². The molecule has 5 nitrogen and oxygen atoms in total. The molecular formula is C23H29N3O2. The number of anilines is 1. The second kappa shape index (κ2) is 7.57. The molecule has 0 saturated carbocycles. The molecule has 2 atom stereocenters. The second-order valence-electron chi connectivity index (χ2n) is 8.24. The monoisotopic (exact) mass is 379 g/mol. The summed E-state index contributed by atoms with van der Waals surface area (Å²) < 4.78 is 0. The average Bonchev–Trinajstić information content (AvgIpc) is 2.72. The third-order valence-electron chi connectivity index (χ3n) is 6.26. The van der Waals surface area contributed by atoms with E-state index in [4.69, 9.17) is 0 Å². The van der Waals surface area contributed by atoms with Crippen molar-refractivity contribution in [1.82, 2.24) is 10.2 Å². The van der Waals surface area contributed by atoms with Crippen LogP contribution in [0.3, 0.4) is 0 Å². The fourth-order valence-electron chi connectivity index (χ4n) is 4.49. The van der Waals surface area contributed by atoms with E-state index < -0.39 is 5.60 Å². The number of para-hydroxylation sites is 1. The number of piperidine rings is 2. The van der Waals surface area contributed by atoms with Gasteiger partial charge in [-0.1, -0.05) is 30.3 Å². The first-order chi connectivity index (χ1) is 13.5. The van der Waals surface area contributed by atoms with Gasteiger partial charge in [0.1, 0.15) is 0 Å². The maximum atomic E-state index is 13.0. The molecule has 2 heterocycles. The minimum atomic E-state index is -0.609. The van der Waals surface area contributed by atoms with Crippen LogP contribution in [-0.4, -0.2) is 61.8 Å². The van der Waals surface area contributed by atoms with Crippen molar-refractivity contribution >= 4 is 11.6 Å². The summed E-state index contributed by atoms with van der Waals surface area (Å²) in [6.45, 7) is 2.88.